The van der Waals surface area contributed by atoms with Crippen LogP contribution in [0.15, 0.2) is 18.2 Å². The smallest absolute Gasteiger partial charge is 0.497 e. The molecule has 0 N–H and O–H groups in total. The monoisotopic (exact) mass is 192 g/mol. The average molecular weight is 192 g/mol. The summed E-state index contributed by atoms with van der Waals surface area (Å²) in [4.78, 5) is 0. The minimum atomic E-state index is -0.259. The molecule has 0 bridgehead atoms. The van der Waals surface area contributed by atoms with Gasteiger partial charge in [-0.2, -0.15) is 0 Å². The molecule has 0 amide bonds. The van der Waals surface area contributed by atoms with Gasteiger partial charge in [-0.15, -0.1) is 0 Å². The van der Waals surface area contributed by atoms with Crippen LogP contribution in [0.3, 0.4) is 0 Å². The maximum Gasteiger partial charge on any atom is 0.497 e. The molecule has 74 valence electrons. The summed E-state index contributed by atoms with van der Waals surface area (Å²) in [6.07, 6.45) is 0. The van der Waals surface area contributed by atoms with E-state index in [1.165, 1.54) is 0 Å². The Labute approximate surface area is 84.1 Å². The molecular formula is C10H13BO3. The number of para-hydroxylation sites is 1. The summed E-state index contributed by atoms with van der Waals surface area (Å²) >= 11 is 0. The molecule has 1 saturated heterocycles. The first-order valence-electron chi connectivity index (χ1n) is 4.69. The van der Waals surface area contributed by atoms with Crippen molar-refractivity contribution in [3.8, 4) is 5.75 Å². The van der Waals surface area contributed by atoms with Gasteiger partial charge in [0.2, 0.25) is 0 Å². The van der Waals surface area contributed by atoms with Crippen LogP contribution >= 0.6 is 0 Å². The van der Waals surface area contributed by atoms with Crippen LogP contribution in [-0.2, 0) is 9.31 Å². The summed E-state index contributed by atoms with van der Waals surface area (Å²) < 4.78 is 16.2. The molecule has 0 unspecified atom stereocenters. The maximum atomic E-state index is 5.43. The van der Waals surface area contributed by atoms with Crippen molar-refractivity contribution in [3.05, 3.63) is 23.8 Å². The molecule has 0 aromatic heterocycles. The Morgan fingerprint density at radius 1 is 1.29 bits per heavy atom. The topological polar surface area (TPSA) is 27.7 Å². The molecule has 0 radical (unpaired) electrons. The van der Waals surface area contributed by atoms with E-state index in [0.717, 1.165) is 16.8 Å². The van der Waals surface area contributed by atoms with E-state index in [0.29, 0.717) is 13.2 Å². The number of hydrogen-bond acceptors (Lipinski definition) is 3. The van der Waals surface area contributed by atoms with E-state index < -0.39 is 0 Å². The lowest BCUT2D eigenvalue weighted by Crippen LogP contribution is -2.33. The molecule has 1 aliphatic heterocycles. The first kappa shape index (κ1) is 9.56. The number of methoxy groups -OCH3 is 1. The molecule has 1 aliphatic rings. The molecule has 0 aliphatic carbocycles. The molecule has 1 fully saturated rings. The zero-order valence-corrected chi connectivity index (χ0v) is 8.45. The third kappa shape index (κ3) is 1.63. The van der Waals surface area contributed by atoms with Crippen molar-refractivity contribution < 1.29 is 14.0 Å². The van der Waals surface area contributed by atoms with Crippen LogP contribution in [0.25, 0.3) is 0 Å². The molecule has 3 nitrogen and oxygen atoms in total. The molecule has 0 atom stereocenters. The van der Waals surface area contributed by atoms with Gasteiger partial charge in [0, 0.05) is 5.46 Å². The van der Waals surface area contributed by atoms with E-state index in [1.807, 2.05) is 25.1 Å². The number of aryl methyl sites for hydroxylation is 1. The second-order valence-electron chi connectivity index (χ2n) is 3.27. The Kier molecular flexibility index (Phi) is 2.75. The van der Waals surface area contributed by atoms with Gasteiger partial charge in [-0.25, -0.2) is 0 Å². The maximum absolute atomic E-state index is 5.43. The fourth-order valence-electron chi connectivity index (χ4n) is 1.68. The van der Waals surface area contributed by atoms with Crippen LogP contribution in [0.5, 0.6) is 5.75 Å². The van der Waals surface area contributed by atoms with Crippen molar-refractivity contribution in [2.75, 3.05) is 20.3 Å². The van der Waals surface area contributed by atoms with Crippen LogP contribution in [0, 0.1) is 6.92 Å². The van der Waals surface area contributed by atoms with Gasteiger partial charge in [0.25, 0.3) is 0 Å². The molecule has 0 saturated carbocycles. The first-order chi connectivity index (χ1) is 6.83. The lowest BCUT2D eigenvalue weighted by molar-refractivity contribution is 0.365. The van der Waals surface area contributed by atoms with Crippen molar-refractivity contribution in [2.24, 2.45) is 0 Å². The SMILES string of the molecule is COc1c(C)cccc1B1OCCO1. The third-order valence-electron chi connectivity index (χ3n) is 2.32. The minimum Gasteiger partial charge on any atom is -0.497 e. The Hall–Kier alpha value is -0.995. The Balaban J connectivity index is 2.35. The number of ether oxygens (including phenoxy) is 1. The van der Waals surface area contributed by atoms with Gasteiger partial charge >= 0.3 is 7.12 Å². The van der Waals surface area contributed by atoms with Crippen molar-refractivity contribution in [2.45, 2.75) is 6.92 Å². The van der Waals surface area contributed by atoms with Gasteiger partial charge in [0.1, 0.15) is 5.75 Å². The summed E-state index contributed by atoms with van der Waals surface area (Å²) in [6.45, 7) is 3.32. The lowest BCUT2D eigenvalue weighted by Gasteiger charge is -2.12. The second-order valence-corrected chi connectivity index (χ2v) is 3.27. The Morgan fingerprint density at radius 2 is 2.00 bits per heavy atom. The summed E-state index contributed by atoms with van der Waals surface area (Å²) in [7, 11) is 1.41. The van der Waals surface area contributed by atoms with E-state index in [9.17, 15) is 0 Å². The van der Waals surface area contributed by atoms with Gasteiger partial charge in [0.05, 0.1) is 20.3 Å². The van der Waals surface area contributed by atoms with Crippen LogP contribution in [0.4, 0.5) is 0 Å². The zero-order chi connectivity index (χ0) is 9.97. The van der Waals surface area contributed by atoms with E-state index in [-0.39, 0.29) is 7.12 Å². The molecule has 1 aromatic rings. The molecule has 1 heterocycles. The van der Waals surface area contributed by atoms with E-state index in [2.05, 4.69) is 0 Å². The highest BCUT2D eigenvalue weighted by Crippen LogP contribution is 2.16. The van der Waals surface area contributed by atoms with E-state index in [4.69, 9.17) is 14.0 Å². The van der Waals surface area contributed by atoms with E-state index in [1.54, 1.807) is 7.11 Å². The normalized spacial score (nSPS) is 16.0. The van der Waals surface area contributed by atoms with Gasteiger partial charge in [-0.05, 0) is 12.5 Å². The lowest BCUT2D eigenvalue weighted by atomic mass is 9.78. The fraction of sp³-hybridized carbons (Fsp3) is 0.400. The van der Waals surface area contributed by atoms with Crippen molar-refractivity contribution in [3.63, 3.8) is 0 Å². The van der Waals surface area contributed by atoms with Gasteiger partial charge < -0.3 is 14.0 Å². The van der Waals surface area contributed by atoms with Crippen LogP contribution in [0.2, 0.25) is 0 Å². The quantitative estimate of drug-likeness (QED) is 0.647. The minimum absolute atomic E-state index is 0.259. The molecule has 0 spiro atoms. The number of benzene rings is 1. The molecule has 2 rings (SSSR count). The van der Waals surface area contributed by atoms with Crippen molar-refractivity contribution in [1.82, 2.24) is 0 Å². The Bertz CT molecular complexity index is 321. The van der Waals surface area contributed by atoms with Crippen LogP contribution in [0.1, 0.15) is 5.56 Å². The average Bonchev–Trinajstić information content (AvgIpc) is 2.70. The summed E-state index contributed by atoms with van der Waals surface area (Å²) in [5.74, 6) is 0.861. The Morgan fingerprint density at radius 3 is 2.64 bits per heavy atom. The fourth-order valence-corrected chi connectivity index (χ4v) is 1.68. The molecule has 14 heavy (non-hydrogen) atoms. The van der Waals surface area contributed by atoms with Crippen LogP contribution in [-0.4, -0.2) is 27.4 Å². The van der Waals surface area contributed by atoms with E-state index >= 15 is 0 Å². The van der Waals surface area contributed by atoms with Gasteiger partial charge in [-0.3, -0.25) is 0 Å². The highest BCUT2D eigenvalue weighted by molar-refractivity contribution is 6.62. The highest BCUT2D eigenvalue weighted by atomic mass is 16.6. The molecule has 4 heteroatoms. The molecule has 1 aromatic carbocycles. The van der Waals surface area contributed by atoms with Crippen molar-refractivity contribution in [1.29, 1.82) is 0 Å². The number of rotatable bonds is 2. The zero-order valence-electron chi connectivity index (χ0n) is 8.45. The summed E-state index contributed by atoms with van der Waals surface area (Å²) in [6, 6.07) is 5.97. The van der Waals surface area contributed by atoms with Gasteiger partial charge in [0.15, 0.2) is 0 Å². The largest absolute Gasteiger partial charge is 0.497 e. The summed E-state index contributed by atoms with van der Waals surface area (Å²) in [5.41, 5.74) is 2.08. The predicted octanol–water partition coefficient (Wildman–Crippen LogP) is 0.746. The number of hydrogen-bond donors (Lipinski definition) is 0. The predicted molar refractivity (Wildman–Crippen MR) is 55.0 cm³/mol. The highest BCUT2D eigenvalue weighted by Gasteiger charge is 2.29. The van der Waals surface area contributed by atoms with Crippen molar-refractivity contribution >= 4 is 12.6 Å². The first-order valence-corrected chi connectivity index (χ1v) is 4.69. The van der Waals surface area contributed by atoms with Crippen LogP contribution < -0.4 is 10.2 Å². The second kappa shape index (κ2) is 4.03. The standard InChI is InChI=1S/C10H13BO3/c1-8-4-3-5-9(10(8)12-2)11-13-6-7-14-11/h3-5H,6-7H2,1-2H3. The van der Waals surface area contributed by atoms with Gasteiger partial charge in [-0.1, -0.05) is 18.2 Å². The molecular weight excluding hydrogens is 179 g/mol. The third-order valence-corrected chi connectivity index (χ3v) is 2.32. The summed E-state index contributed by atoms with van der Waals surface area (Å²) in [5, 5.41) is 0.